The summed E-state index contributed by atoms with van der Waals surface area (Å²) < 4.78 is 6.48. The molecule has 0 aliphatic carbocycles. The molecule has 1 aliphatic heterocycles. The second-order valence-electron chi connectivity index (χ2n) is 5.69. The number of methoxy groups -OCH3 is 1. The molecule has 0 amide bonds. The maximum atomic E-state index is 5.30. The van der Waals surface area contributed by atoms with Crippen LogP contribution in [-0.4, -0.2) is 26.7 Å². The van der Waals surface area contributed by atoms with Gasteiger partial charge in [-0.15, -0.1) is 0 Å². The molecule has 1 aliphatic rings. The fourth-order valence-electron chi connectivity index (χ4n) is 2.79. The number of anilines is 1. The normalized spacial score (nSPS) is 16.6. The van der Waals surface area contributed by atoms with E-state index in [4.69, 9.17) is 9.84 Å². The van der Waals surface area contributed by atoms with Gasteiger partial charge in [-0.1, -0.05) is 0 Å². The molecule has 4 rings (SSSR count). The quantitative estimate of drug-likeness (QED) is 0.618. The Balaban J connectivity index is 1.72. The van der Waals surface area contributed by atoms with Crippen LogP contribution in [0.15, 0.2) is 90.0 Å². The molecule has 3 aromatic carbocycles. The molecular formula is C21H18N2OSe. The summed E-state index contributed by atoms with van der Waals surface area (Å²) in [5.41, 5.74) is 3.59. The first-order chi connectivity index (χ1) is 12.3. The number of rotatable bonds is 4. The molecule has 1 atom stereocenters. The number of benzene rings is 3. The van der Waals surface area contributed by atoms with E-state index in [-0.39, 0.29) is 19.9 Å². The van der Waals surface area contributed by atoms with E-state index in [1.165, 1.54) is 15.7 Å². The SMILES string of the molecule is COc1ccc(C2[Se]C(c3ccccc3)=NN2c2ccccc2)cc1. The van der Waals surface area contributed by atoms with Crippen LogP contribution in [0.2, 0.25) is 0 Å². The third-order valence-electron chi connectivity index (χ3n) is 4.09. The standard InChI is InChI=1S/C21H18N2OSe/c1-24-19-14-12-17(13-15-19)21-23(18-10-6-3-7-11-18)22-20(25-21)16-8-4-2-5-9-16/h2-15,21H,1H3. The predicted octanol–water partition coefficient (Wildman–Crippen LogP) is 4.28. The second-order valence-corrected chi connectivity index (χ2v) is 7.94. The molecule has 3 nitrogen and oxygen atoms in total. The van der Waals surface area contributed by atoms with E-state index >= 15 is 0 Å². The molecule has 4 heteroatoms. The van der Waals surface area contributed by atoms with E-state index in [2.05, 4.69) is 65.7 Å². The summed E-state index contributed by atoms with van der Waals surface area (Å²) in [7, 11) is 1.70. The fourth-order valence-corrected chi connectivity index (χ4v) is 5.26. The van der Waals surface area contributed by atoms with E-state index < -0.39 is 0 Å². The number of hydrogen-bond acceptors (Lipinski definition) is 3. The average molecular weight is 393 g/mol. The summed E-state index contributed by atoms with van der Waals surface area (Å²) in [4.78, 5) is 0.246. The van der Waals surface area contributed by atoms with Crippen LogP contribution in [0.3, 0.4) is 0 Å². The maximum absolute atomic E-state index is 5.30. The molecular weight excluding hydrogens is 375 g/mol. The van der Waals surface area contributed by atoms with Gasteiger partial charge in [-0.3, -0.25) is 0 Å². The molecule has 0 spiro atoms. The Morgan fingerprint density at radius 2 is 1.48 bits per heavy atom. The van der Waals surface area contributed by atoms with Crippen LogP contribution in [0.4, 0.5) is 5.69 Å². The monoisotopic (exact) mass is 394 g/mol. The number of hydrogen-bond donors (Lipinski definition) is 0. The molecule has 0 radical (unpaired) electrons. The third-order valence-corrected chi connectivity index (χ3v) is 6.68. The minimum atomic E-state index is 0.214. The van der Waals surface area contributed by atoms with Gasteiger partial charge in [0.2, 0.25) is 0 Å². The van der Waals surface area contributed by atoms with Crippen molar-refractivity contribution in [1.29, 1.82) is 0 Å². The first-order valence-electron chi connectivity index (χ1n) is 8.14. The average Bonchev–Trinajstić information content (AvgIpc) is 3.15. The van der Waals surface area contributed by atoms with Gasteiger partial charge < -0.3 is 0 Å². The molecule has 0 saturated heterocycles. The van der Waals surface area contributed by atoms with Gasteiger partial charge in [0.05, 0.1) is 0 Å². The Morgan fingerprint density at radius 1 is 0.840 bits per heavy atom. The Hall–Kier alpha value is -2.55. The zero-order valence-electron chi connectivity index (χ0n) is 13.9. The van der Waals surface area contributed by atoms with Crippen LogP contribution in [0.25, 0.3) is 0 Å². The molecule has 3 aromatic rings. The first-order valence-corrected chi connectivity index (χ1v) is 9.98. The van der Waals surface area contributed by atoms with Crippen molar-refractivity contribution in [3.63, 3.8) is 0 Å². The van der Waals surface area contributed by atoms with Crippen molar-refractivity contribution in [1.82, 2.24) is 0 Å². The van der Waals surface area contributed by atoms with Gasteiger partial charge in [-0.05, 0) is 0 Å². The minimum absolute atomic E-state index is 0.214. The van der Waals surface area contributed by atoms with Gasteiger partial charge >= 0.3 is 154 Å². The Kier molecular flexibility index (Phi) is 4.55. The van der Waals surface area contributed by atoms with Gasteiger partial charge in [0.1, 0.15) is 0 Å². The molecule has 0 bridgehead atoms. The van der Waals surface area contributed by atoms with Crippen molar-refractivity contribution < 1.29 is 4.74 Å². The second kappa shape index (κ2) is 7.14. The van der Waals surface area contributed by atoms with Gasteiger partial charge in [0.25, 0.3) is 0 Å². The predicted molar refractivity (Wildman–Crippen MR) is 103 cm³/mol. The van der Waals surface area contributed by atoms with Crippen molar-refractivity contribution in [2.45, 2.75) is 4.94 Å². The van der Waals surface area contributed by atoms with Crippen molar-refractivity contribution >= 4 is 25.3 Å². The van der Waals surface area contributed by atoms with Crippen molar-refractivity contribution in [2.24, 2.45) is 5.10 Å². The third kappa shape index (κ3) is 3.32. The number of nitrogens with zero attached hydrogens (tertiary/aromatic N) is 2. The van der Waals surface area contributed by atoms with Crippen molar-refractivity contribution in [3.8, 4) is 5.75 Å². The van der Waals surface area contributed by atoms with E-state index in [1.807, 2.05) is 24.3 Å². The summed E-state index contributed by atoms with van der Waals surface area (Å²) >= 11 is 0.214. The topological polar surface area (TPSA) is 24.8 Å². The summed E-state index contributed by atoms with van der Waals surface area (Å²) in [6.45, 7) is 0. The molecule has 0 saturated carbocycles. The van der Waals surface area contributed by atoms with Gasteiger partial charge in [0, 0.05) is 0 Å². The van der Waals surface area contributed by atoms with E-state index in [1.54, 1.807) is 7.11 Å². The zero-order chi connectivity index (χ0) is 17.1. The Labute approximate surface area is 154 Å². The molecule has 1 unspecified atom stereocenters. The van der Waals surface area contributed by atoms with E-state index in [9.17, 15) is 0 Å². The summed E-state index contributed by atoms with van der Waals surface area (Å²) in [6, 6.07) is 29.2. The van der Waals surface area contributed by atoms with Crippen LogP contribution in [0, 0.1) is 0 Å². The molecule has 0 fully saturated rings. The first kappa shape index (κ1) is 15.9. The fraction of sp³-hybridized carbons (Fsp3) is 0.0952. The number of hydrazone groups is 1. The molecule has 0 N–H and O–H groups in total. The van der Waals surface area contributed by atoms with Crippen LogP contribution < -0.4 is 9.75 Å². The number of para-hydroxylation sites is 1. The van der Waals surface area contributed by atoms with Crippen molar-refractivity contribution in [3.05, 3.63) is 96.1 Å². The summed E-state index contributed by atoms with van der Waals surface area (Å²) in [5, 5.41) is 7.13. The molecule has 1 heterocycles. The van der Waals surface area contributed by atoms with Crippen molar-refractivity contribution in [2.75, 3.05) is 12.1 Å². The molecule has 0 aromatic heterocycles. The van der Waals surface area contributed by atoms with Crippen LogP contribution in [0.1, 0.15) is 16.1 Å². The summed E-state index contributed by atoms with van der Waals surface area (Å²) in [5.74, 6) is 0.879. The van der Waals surface area contributed by atoms with Crippen LogP contribution in [0.5, 0.6) is 5.75 Å². The molecule has 124 valence electrons. The van der Waals surface area contributed by atoms with Gasteiger partial charge in [-0.2, -0.15) is 0 Å². The van der Waals surface area contributed by atoms with Gasteiger partial charge in [-0.25, -0.2) is 0 Å². The number of ether oxygens (including phenoxy) is 1. The Morgan fingerprint density at radius 3 is 2.12 bits per heavy atom. The Bertz CT molecular complexity index is 863. The van der Waals surface area contributed by atoms with Crippen LogP contribution in [-0.2, 0) is 0 Å². The van der Waals surface area contributed by atoms with E-state index in [0.717, 1.165) is 11.4 Å². The van der Waals surface area contributed by atoms with Crippen LogP contribution >= 0.6 is 0 Å². The zero-order valence-corrected chi connectivity index (χ0v) is 15.6. The van der Waals surface area contributed by atoms with E-state index in [0.29, 0.717) is 0 Å². The summed E-state index contributed by atoms with van der Waals surface area (Å²) in [6.07, 6.45) is 0. The molecule has 25 heavy (non-hydrogen) atoms. The van der Waals surface area contributed by atoms with Gasteiger partial charge in [0.15, 0.2) is 0 Å².